The fourth-order valence-electron chi connectivity index (χ4n) is 3.62. The first-order valence-electron chi connectivity index (χ1n) is 9.86. The molecule has 0 bridgehead atoms. The zero-order chi connectivity index (χ0) is 19.3. The molecular formula is C20H25ClN6S. The highest BCUT2D eigenvalue weighted by atomic mass is 35.5. The lowest BCUT2D eigenvalue weighted by atomic mass is 10.2. The van der Waals surface area contributed by atoms with Gasteiger partial charge in [-0.05, 0) is 55.6 Å². The molecule has 2 aliphatic heterocycles. The highest BCUT2D eigenvalue weighted by Crippen LogP contribution is 2.26. The lowest BCUT2D eigenvalue weighted by Crippen LogP contribution is -2.30. The number of benzene rings is 1. The second-order valence-corrected chi connectivity index (χ2v) is 8.08. The first-order valence-corrected chi connectivity index (χ1v) is 10.6. The average molecular weight is 417 g/mol. The van der Waals surface area contributed by atoms with E-state index >= 15 is 0 Å². The molecule has 148 valence electrons. The van der Waals surface area contributed by atoms with Gasteiger partial charge in [0.05, 0.1) is 0 Å². The van der Waals surface area contributed by atoms with Crippen molar-refractivity contribution in [2.45, 2.75) is 32.2 Å². The number of nitrogens with zero attached hydrogens (tertiary/aromatic N) is 4. The predicted molar refractivity (Wildman–Crippen MR) is 119 cm³/mol. The molecule has 28 heavy (non-hydrogen) atoms. The molecule has 0 unspecified atom stereocenters. The lowest BCUT2D eigenvalue weighted by molar-refractivity contribution is 0.894. The van der Waals surface area contributed by atoms with Crippen LogP contribution in [0.2, 0.25) is 5.02 Å². The van der Waals surface area contributed by atoms with Crippen molar-refractivity contribution in [3.8, 4) is 0 Å². The van der Waals surface area contributed by atoms with E-state index in [1.807, 2.05) is 24.3 Å². The largest absolute Gasteiger partial charge is 0.358 e. The maximum atomic E-state index is 5.94. The van der Waals surface area contributed by atoms with Gasteiger partial charge in [-0.2, -0.15) is 9.97 Å². The van der Waals surface area contributed by atoms with Crippen LogP contribution >= 0.6 is 23.8 Å². The maximum Gasteiger partial charge on any atom is 0.232 e. The molecule has 8 heteroatoms. The normalized spacial score (nSPS) is 16.5. The number of nitrogens with one attached hydrogen (secondary N) is 2. The van der Waals surface area contributed by atoms with Crippen molar-refractivity contribution in [2.24, 2.45) is 0 Å². The Hall–Kier alpha value is -2.12. The first-order chi connectivity index (χ1) is 13.7. The van der Waals surface area contributed by atoms with Crippen molar-refractivity contribution >= 4 is 46.5 Å². The summed E-state index contributed by atoms with van der Waals surface area (Å²) in [6.45, 7) is 4.82. The molecule has 4 rings (SSSR count). The van der Waals surface area contributed by atoms with E-state index in [0.29, 0.717) is 17.6 Å². The second kappa shape index (κ2) is 8.92. The molecule has 2 aliphatic rings. The van der Waals surface area contributed by atoms with Crippen LogP contribution in [0.1, 0.15) is 31.2 Å². The third kappa shape index (κ3) is 4.83. The van der Waals surface area contributed by atoms with Crippen molar-refractivity contribution in [2.75, 3.05) is 41.3 Å². The molecule has 0 radical (unpaired) electrons. The zero-order valence-corrected chi connectivity index (χ0v) is 17.4. The topological polar surface area (TPSA) is 56.3 Å². The number of hydrogen-bond acceptors (Lipinski definition) is 5. The molecule has 1 aromatic heterocycles. The Balaban J connectivity index is 1.45. The Bertz CT molecular complexity index is 782. The molecule has 3 heterocycles. The van der Waals surface area contributed by atoms with E-state index in [9.17, 15) is 0 Å². The van der Waals surface area contributed by atoms with Crippen LogP contribution in [0, 0.1) is 0 Å². The molecule has 0 saturated carbocycles. The van der Waals surface area contributed by atoms with Crippen LogP contribution in [-0.2, 0) is 6.54 Å². The number of thiocarbonyl (C=S) groups is 1. The Labute approximate surface area is 176 Å². The molecule has 2 N–H and O–H groups in total. The summed E-state index contributed by atoms with van der Waals surface area (Å²) in [6.07, 6.45) is 4.86. The number of halogens is 1. The van der Waals surface area contributed by atoms with Gasteiger partial charge in [0.25, 0.3) is 0 Å². The van der Waals surface area contributed by atoms with Crippen LogP contribution in [0.3, 0.4) is 0 Å². The summed E-state index contributed by atoms with van der Waals surface area (Å²) in [6, 6.07) is 9.83. The van der Waals surface area contributed by atoms with E-state index in [1.54, 1.807) is 0 Å². The summed E-state index contributed by atoms with van der Waals surface area (Å²) in [5, 5.41) is 7.63. The van der Waals surface area contributed by atoms with Gasteiger partial charge in [0.15, 0.2) is 5.11 Å². The molecule has 6 nitrogen and oxygen atoms in total. The fraction of sp³-hybridized carbons (Fsp3) is 0.450. The van der Waals surface area contributed by atoms with Gasteiger partial charge in [0.1, 0.15) is 11.6 Å². The van der Waals surface area contributed by atoms with Gasteiger partial charge in [0, 0.05) is 43.8 Å². The Morgan fingerprint density at radius 2 is 1.46 bits per heavy atom. The lowest BCUT2D eigenvalue weighted by Gasteiger charge is -2.22. The molecule has 0 atom stereocenters. The van der Waals surface area contributed by atoms with Crippen LogP contribution in [0.4, 0.5) is 17.6 Å². The van der Waals surface area contributed by atoms with E-state index in [4.69, 9.17) is 33.8 Å². The van der Waals surface area contributed by atoms with E-state index < -0.39 is 0 Å². The van der Waals surface area contributed by atoms with E-state index in [1.165, 1.54) is 25.7 Å². The van der Waals surface area contributed by atoms with Crippen molar-refractivity contribution in [1.29, 1.82) is 0 Å². The van der Waals surface area contributed by atoms with Gasteiger partial charge in [-0.25, -0.2) is 0 Å². The van der Waals surface area contributed by atoms with Crippen molar-refractivity contribution in [1.82, 2.24) is 15.3 Å². The number of aromatic nitrogens is 2. The number of hydrogen-bond donors (Lipinski definition) is 2. The molecular weight excluding hydrogens is 392 g/mol. The van der Waals surface area contributed by atoms with Crippen LogP contribution in [0.5, 0.6) is 0 Å². The van der Waals surface area contributed by atoms with Gasteiger partial charge in [0.2, 0.25) is 5.95 Å². The quantitative estimate of drug-likeness (QED) is 0.718. The molecule has 0 amide bonds. The monoisotopic (exact) mass is 416 g/mol. The van der Waals surface area contributed by atoms with E-state index in [-0.39, 0.29) is 0 Å². The van der Waals surface area contributed by atoms with E-state index in [0.717, 1.165) is 48.4 Å². The third-order valence-electron chi connectivity index (χ3n) is 5.15. The summed E-state index contributed by atoms with van der Waals surface area (Å²) in [7, 11) is 0. The highest BCUT2D eigenvalue weighted by molar-refractivity contribution is 7.80. The van der Waals surface area contributed by atoms with Gasteiger partial charge < -0.3 is 20.4 Å². The summed E-state index contributed by atoms with van der Waals surface area (Å²) in [5.74, 6) is 2.52. The fourth-order valence-corrected chi connectivity index (χ4v) is 3.91. The minimum Gasteiger partial charge on any atom is -0.358 e. The minimum atomic E-state index is 0.515. The van der Waals surface area contributed by atoms with Crippen LogP contribution < -0.4 is 20.4 Å². The molecule has 2 saturated heterocycles. The van der Waals surface area contributed by atoms with Crippen LogP contribution in [0.25, 0.3) is 0 Å². The third-order valence-corrected chi connectivity index (χ3v) is 5.65. The molecule has 1 aromatic carbocycles. The summed E-state index contributed by atoms with van der Waals surface area (Å²) < 4.78 is 0. The van der Waals surface area contributed by atoms with Gasteiger partial charge in [-0.3, -0.25) is 0 Å². The maximum absolute atomic E-state index is 5.94. The van der Waals surface area contributed by atoms with Crippen molar-refractivity contribution in [3.05, 3.63) is 40.9 Å². The minimum absolute atomic E-state index is 0.515. The standard InChI is InChI=1S/C20H25ClN6S/c21-16-7-5-15(6-8-16)14-22-20(28)25-19-23-17(26-9-1-2-10-26)13-18(24-19)27-11-3-4-12-27/h5-8,13H,1-4,9-12,14H2,(H2,22,23,24,25,28). The van der Waals surface area contributed by atoms with Crippen molar-refractivity contribution < 1.29 is 0 Å². The highest BCUT2D eigenvalue weighted by Gasteiger charge is 2.20. The smallest absolute Gasteiger partial charge is 0.232 e. The second-order valence-electron chi connectivity index (χ2n) is 7.23. The van der Waals surface area contributed by atoms with Gasteiger partial charge in [-0.1, -0.05) is 23.7 Å². The SMILES string of the molecule is S=C(NCc1ccc(Cl)cc1)Nc1nc(N2CCCC2)cc(N2CCCC2)n1. The van der Waals surface area contributed by atoms with Gasteiger partial charge >= 0.3 is 0 Å². The molecule has 2 aromatic rings. The van der Waals surface area contributed by atoms with Gasteiger partial charge in [-0.15, -0.1) is 0 Å². The summed E-state index contributed by atoms with van der Waals surface area (Å²) in [4.78, 5) is 14.1. The summed E-state index contributed by atoms with van der Waals surface area (Å²) >= 11 is 11.4. The summed E-state index contributed by atoms with van der Waals surface area (Å²) in [5.41, 5.74) is 1.11. The number of anilines is 3. The molecule has 0 spiro atoms. The van der Waals surface area contributed by atoms with Crippen molar-refractivity contribution in [3.63, 3.8) is 0 Å². The average Bonchev–Trinajstić information content (AvgIpc) is 3.41. The van der Waals surface area contributed by atoms with Crippen LogP contribution in [0.15, 0.2) is 30.3 Å². The number of rotatable bonds is 5. The molecule has 0 aliphatic carbocycles. The Morgan fingerprint density at radius 3 is 2.00 bits per heavy atom. The molecule has 2 fully saturated rings. The predicted octanol–water partition coefficient (Wildman–Crippen LogP) is 3.82. The zero-order valence-electron chi connectivity index (χ0n) is 15.8. The Kier molecular flexibility index (Phi) is 6.12. The van der Waals surface area contributed by atoms with Crippen LogP contribution in [-0.4, -0.2) is 41.3 Å². The Morgan fingerprint density at radius 1 is 0.929 bits per heavy atom. The first kappa shape index (κ1) is 19.2. The van der Waals surface area contributed by atoms with E-state index in [2.05, 4.69) is 26.5 Å².